The molecule has 0 N–H and O–H groups in total. The first-order valence-corrected chi connectivity index (χ1v) is 5.59. The number of carbonyl (C=O) groups excluding carboxylic acids is 1. The summed E-state index contributed by atoms with van der Waals surface area (Å²) in [7, 11) is 3.44. The van der Waals surface area contributed by atoms with Crippen molar-refractivity contribution in [3.05, 3.63) is 16.3 Å². The number of amides is 1. The van der Waals surface area contributed by atoms with Crippen LogP contribution in [0.25, 0.3) is 12.2 Å². The fourth-order valence-corrected chi connectivity index (χ4v) is 1.68. The zero-order chi connectivity index (χ0) is 12.3. The predicted molar refractivity (Wildman–Crippen MR) is 68.4 cm³/mol. The second kappa shape index (κ2) is 5.21. The van der Waals surface area contributed by atoms with E-state index in [2.05, 4.69) is 30.9 Å². The molecular weight excluding hydrogens is 222 g/mol. The Bertz CT molecular complexity index is 502. The average Bonchev–Trinajstić information content (AvgIpc) is 2.55. The Morgan fingerprint density at radius 3 is 2.69 bits per heavy atom. The fraction of sp³-hybridized carbons (Fsp3) is 0.455. The molecule has 0 radical (unpaired) electrons. The summed E-state index contributed by atoms with van der Waals surface area (Å²) < 4.78 is 2.97. The van der Waals surface area contributed by atoms with Gasteiger partial charge in [0.2, 0.25) is 0 Å². The molecule has 1 aromatic heterocycles. The van der Waals surface area contributed by atoms with Crippen LogP contribution < -0.4 is 10.6 Å². The molecule has 0 aromatic carbocycles. The highest BCUT2D eigenvalue weighted by Crippen LogP contribution is 1.95. The highest BCUT2D eigenvalue weighted by atomic mass is 32.1. The van der Waals surface area contributed by atoms with Crippen LogP contribution in [0.15, 0.2) is 0 Å². The van der Waals surface area contributed by atoms with Crippen molar-refractivity contribution in [2.45, 2.75) is 20.3 Å². The van der Waals surface area contributed by atoms with Gasteiger partial charge in [0, 0.05) is 19.3 Å². The Labute approximate surface area is 101 Å². The highest BCUT2D eigenvalue weighted by molar-refractivity contribution is 7.78. The van der Waals surface area contributed by atoms with Crippen LogP contribution in [0.2, 0.25) is 0 Å². The number of hydrogen-bond donors (Lipinski definition) is 1. The molecule has 0 saturated carbocycles. The quantitative estimate of drug-likeness (QED) is 0.755. The molecule has 0 unspecified atom stereocenters. The first kappa shape index (κ1) is 12.8. The van der Waals surface area contributed by atoms with Crippen molar-refractivity contribution in [1.29, 1.82) is 0 Å². The molecule has 0 aliphatic heterocycles. The first-order chi connectivity index (χ1) is 7.52. The highest BCUT2D eigenvalue weighted by Gasteiger charge is 2.15. The van der Waals surface area contributed by atoms with Crippen LogP contribution in [0.3, 0.4) is 0 Å². The Balaban J connectivity index is 3.52. The lowest BCUT2D eigenvalue weighted by molar-refractivity contribution is 0.0886. The molecule has 0 fully saturated rings. The van der Waals surface area contributed by atoms with E-state index in [1.165, 1.54) is 4.31 Å². The lowest BCUT2D eigenvalue weighted by Crippen LogP contribution is -2.32. The predicted octanol–water partition coefficient (Wildman–Crippen LogP) is 0.328. The summed E-state index contributed by atoms with van der Waals surface area (Å²) in [4.78, 5) is 11.8. The van der Waals surface area contributed by atoms with E-state index in [1.54, 1.807) is 11.7 Å². The van der Waals surface area contributed by atoms with E-state index in [0.29, 0.717) is 5.69 Å². The van der Waals surface area contributed by atoms with E-state index in [9.17, 15) is 4.79 Å². The third kappa shape index (κ3) is 2.29. The van der Waals surface area contributed by atoms with E-state index in [1.807, 2.05) is 20.0 Å². The molecular formula is C11H17N3OS. The number of thiol groups is 1. The summed E-state index contributed by atoms with van der Waals surface area (Å²) in [5.41, 5.74) is 0.446. The number of aromatic nitrogens is 2. The number of nitrogens with zero attached hydrogens (tertiary/aromatic N) is 3. The van der Waals surface area contributed by atoms with Gasteiger partial charge in [0.15, 0.2) is 5.69 Å². The van der Waals surface area contributed by atoms with Gasteiger partial charge in [-0.2, -0.15) is 5.10 Å². The van der Waals surface area contributed by atoms with Crippen molar-refractivity contribution in [3.8, 4) is 0 Å². The van der Waals surface area contributed by atoms with Gasteiger partial charge in [0.05, 0.1) is 5.35 Å². The fourth-order valence-electron chi connectivity index (χ4n) is 1.58. The van der Waals surface area contributed by atoms with Gasteiger partial charge in [-0.05, 0) is 13.3 Å². The van der Waals surface area contributed by atoms with Crippen LogP contribution in [0.4, 0.5) is 0 Å². The standard InChI is InChI=1S/C11H17N3OS/c1-5-7-9-8(6-2)10(12-13(9)3)11(15)14(4)16/h6-7,16H,5H2,1-4H3/b8-6+,9-7+. The molecule has 4 nitrogen and oxygen atoms in total. The molecule has 0 spiro atoms. The molecule has 1 aromatic rings. The lowest BCUT2D eigenvalue weighted by Gasteiger charge is -2.05. The van der Waals surface area contributed by atoms with Crippen LogP contribution in [-0.2, 0) is 7.05 Å². The Morgan fingerprint density at radius 2 is 2.25 bits per heavy atom. The minimum Gasteiger partial charge on any atom is -0.287 e. The molecule has 16 heavy (non-hydrogen) atoms. The first-order valence-electron chi connectivity index (χ1n) is 5.19. The van der Waals surface area contributed by atoms with Crippen molar-refractivity contribution in [1.82, 2.24) is 14.1 Å². The summed E-state index contributed by atoms with van der Waals surface area (Å²) in [6, 6.07) is 0. The SMILES string of the molecule is C/C=c1/c(C(=O)N(C)S)nn(C)/c1=C/CC. The molecule has 1 heterocycles. The van der Waals surface area contributed by atoms with Crippen LogP contribution >= 0.6 is 12.8 Å². The normalized spacial score (nSPS) is 13.3. The van der Waals surface area contributed by atoms with Crippen LogP contribution in [-0.4, -0.2) is 27.0 Å². The van der Waals surface area contributed by atoms with Crippen molar-refractivity contribution in [3.63, 3.8) is 0 Å². The van der Waals surface area contributed by atoms with Crippen molar-refractivity contribution >= 4 is 30.9 Å². The van der Waals surface area contributed by atoms with Gasteiger partial charge in [0.25, 0.3) is 5.91 Å². The van der Waals surface area contributed by atoms with Gasteiger partial charge in [-0.3, -0.25) is 13.8 Å². The zero-order valence-corrected chi connectivity index (χ0v) is 11.0. The number of rotatable bonds is 2. The molecule has 0 aliphatic rings. The number of hydrogen-bond acceptors (Lipinski definition) is 3. The van der Waals surface area contributed by atoms with Crippen molar-refractivity contribution in [2.75, 3.05) is 7.05 Å². The van der Waals surface area contributed by atoms with Gasteiger partial charge in [-0.25, -0.2) is 0 Å². The Kier molecular flexibility index (Phi) is 4.18. The van der Waals surface area contributed by atoms with Crippen LogP contribution in [0, 0.1) is 0 Å². The van der Waals surface area contributed by atoms with E-state index in [-0.39, 0.29) is 5.91 Å². The molecule has 0 bridgehead atoms. The maximum absolute atomic E-state index is 11.8. The van der Waals surface area contributed by atoms with Crippen molar-refractivity contribution < 1.29 is 4.79 Å². The smallest absolute Gasteiger partial charge is 0.284 e. The summed E-state index contributed by atoms with van der Waals surface area (Å²) >= 11 is 4.00. The molecule has 0 atom stereocenters. The lowest BCUT2D eigenvalue weighted by atomic mass is 10.2. The third-order valence-electron chi connectivity index (χ3n) is 2.31. The minimum atomic E-state index is -0.192. The topological polar surface area (TPSA) is 38.1 Å². The molecule has 0 saturated heterocycles. The summed E-state index contributed by atoms with van der Waals surface area (Å²) in [5.74, 6) is -0.192. The molecule has 1 rings (SSSR count). The molecule has 0 aliphatic carbocycles. The molecule has 88 valence electrons. The maximum Gasteiger partial charge on any atom is 0.284 e. The van der Waals surface area contributed by atoms with E-state index in [0.717, 1.165) is 17.0 Å². The van der Waals surface area contributed by atoms with Gasteiger partial charge in [0.1, 0.15) is 0 Å². The second-order valence-corrected chi connectivity index (χ2v) is 4.10. The summed E-state index contributed by atoms with van der Waals surface area (Å²) in [5, 5.41) is 6.08. The van der Waals surface area contributed by atoms with Gasteiger partial charge in [-0.15, -0.1) is 0 Å². The van der Waals surface area contributed by atoms with Crippen molar-refractivity contribution in [2.24, 2.45) is 7.05 Å². The van der Waals surface area contributed by atoms with Crippen LogP contribution in [0.1, 0.15) is 30.8 Å². The molecule has 5 heteroatoms. The van der Waals surface area contributed by atoms with Gasteiger partial charge in [-0.1, -0.05) is 31.9 Å². The third-order valence-corrected chi connectivity index (χ3v) is 2.49. The Hall–Kier alpha value is -1.23. The van der Waals surface area contributed by atoms with E-state index < -0.39 is 0 Å². The summed E-state index contributed by atoms with van der Waals surface area (Å²) in [6.07, 6.45) is 4.86. The second-order valence-electron chi connectivity index (χ2n) is 3.50. The molecule has 1 amide bonds. The van der Waals surface area contributed by atoms with E-state index >= 15 is 0 Å². The monoisotopic (exact) mass is 239 g/mol. The van der Waals surface area contributed by atoms with Crippen LogP contribution in [0.5, 0.6) is 0 Å². The largest absolute Gasteiger partial charge is 0.287 e. The minimum absolute atomic E-state index is 0.192. The van der Waals surface area contributed by atoms with Gasteiger partial charge < -0.3 is 0 Å². The summed E-state index contributed by atoms with van der Waals surface area (Å²) in [6.45, 7) is 3.96. The average molecular weight is 239 g/mol. The van der Waals surface area contributed by atoms with E-state index in [4.69, 9.17) is 0 Å². The Morgan fingerprint density at radius 1 is 1.62 bits per heavy atom. The van der Waals surface area contributed by atoms with Gasteiger partial charge >= 0.3 is 0 Å². The number of carbonyl (C=O) groups is 1. The zero-order valence-electron chi connectivity index (χ0n) is 10.1. The maximum atomic E-state index is 11.8. The number of aryl methyl sites for hydroxylation is 1.